The minimum Gasteiger partial charge on any atom is -0.486 e. The average Bonchev–Trinajstić information content (AvgIpc) is 2.74. The second kappa shape index (κ2) is 9.11. The van der Waals surface area contributed by atoms with Gasteiger partial charge in [-0.05, 0) is 29.8 Å². The molecule has 0 atom stereocenters. The van der Waals surface area contributed by atoms with Gasteiger partial charge in [0.25, 0.3) is 5.91 Å². The molecule has 4 rings (SSSR count). The Morgan fingerprint density at radius 2 is 1.72 bits per heavy atom. The number of piperazine rings is 1. The number of hydrogen-bond acceptors (Lipinski definition) is 5. The summed E-state index contributed by atoms with van der Waals surface area (Å²) in [7, 11) is 0. The van der Waals surface area contributed by atoms with E-state index in [1.807, 2.05) is 17.0 Å². The van der Waals surface area contributed by atoms with Crippen molar-refractivity contribution in [3.05, 3.63) is 52.0 Å². The van der Waals surface area contributed by atoms with Crippen molar-refractivity contribution in [2.45, 2.75) is 6.54 Å². The van der Waals surface area contributed by atoms with Gasteiger partial charge in [0.15, 0.2) is 18.1 Å². The number of benzene rings is 2. The fourth-order valence-corrected chi connectivity index (χ4v) is 3.75. The van der Waals surface area contributed by atoms with Crippen molar-refractivity contribution < 1.29 is 19.0 Å². The lowest BCUT2D eigenvalue weighted by Crippen LogP contribution is -2.49. The van der Waals surface area contributed by atoms with Gasteiger partial charge in [0.2, 0.25) is 0 Å². The van der Waals surface area contributed by atoms with Crippen molar-refractivity contribution in [3.63, 3.8) is 0 Å². The Balaban J connectivity index is 1.25. The largest absolute Gasteiger partial charge is 0.486 e. The predicted molar refractivity (Wildman–Crippen MR) is 111 cm³/mol. The third kappa shape index (κ3) is 5.07. The van der Waals surface area contributed by atoms with Crippen LogP contribution in [0.4, 0.5) is 0 Å². The van der Waals surface area contributed by atoms with E-state index in [0.717, 1.165) is 31.1 Å². The summed E-state index contributed by atoms with van der Waals surface area (Å²) in [5, 5.41) is 0.955. The summed E-state index contributed by atoms with van der Waals surface area (Å²) in [5.41, 5.74) is 1.17. The maximum Gasteiger partial charge on any atom is 0.260 e. The second-order valence-electron chi connectivity index (χ2n) is 7.00. The zero-order valence-electron chi connectivity index (χ0n) is 15.9. The fourth-order valence-electron chi connectivity index (χ4n) is 3.42. The van der Waals surface area contributed by atoms with E-state index in [1.54, 1.807) is 18.2 Å². The van der Waals surface area contributed by atoms with Gasteiger partial charge in [0.1, 0.15) is 19.0 Å². The fraction of sp³-hybridized carbons (Fsp3) is 0.381. The van der Waals surface area contributed by atoms with Gasteiger partial charge in [-0.15, -0.1) is 0 Å². The number of ether oxygens (including phenoxy) is 3. The predicted octanol–water partition coefficient (Wildman–Crippen LogP) is 3.49. The minimum absolute atomic E-state index is 0.0534. The zero-order chi connectivity index (χ0) is 20.2. The van der Waals surface area contributed by atoms with Crippen LogP contribution in [0, 0.1) is 0 Å². The molecule has 0 bridgehead atoms. The Bertz CT molecular complexity index is 885. The van der Waals surface area contributed by atoms with Crippen LogP contribution in [0.15, 0.2) is 36.4 Å². The van der Waals surface area contributed by atoms with Gasteiger partial charge in [-0.3, -0.25) is 9.69 Å². The molecule has 154 valence electrons. The summed E-state index contributed by atoms with van der Waals surface area (Å²) in [4.78, 5) is 16.6. The Kier molecular flexibility index (Phi) is 6.33. The number of halogens is 2. The molecule has 0 radical (unpaired) electrons. The monoisotopic (exact) mass is 436 g/mol. The Labute approximate surface area is 179 Å². The quantitative estimate of drug-likeness (QED) is 0.717. The summed E-state index contributed by atoms with van der Waals surface area (Å²) < 4.78 is 16.8. The van der Waals surface area contributed by atoms with Gasteiger partial charge >= 0.3 is 0 Å². The second-order valence-corrected chi connectivity index (χ2v) is 7.84. The molecule has 2 aliphatic rings. The topological polar surface area (TPSA) is 51.2 Å². The number of fused-ring (bicyclic) bond motifs is 1. The normalized spacial score (nSPS) is 16.6. The highest BCUT2D eigenvalue weighted by atomic mass is 35.5. The van der Waals surface area contributed by atoms with Gasteiger partial charge in [-0.1, -0.05) is 29.3 Å². The number of carbonyl (C=O) groups excluding carboxylic acids is 1. The van der Waals surface area contributed by atoms with Crippen LogP contribution in [0.25, 0.3) is 0 Å². The molecule has 0 N–H and O–H groups in total. The van der Waals surface area contributed by atoms with Gasteiger partial charge in [-0.25, -0.2) is 0 Å². The molecule has 8 heteroatoms. The molecular weight excluding hydrogens is 415 g/mol. The standard InChI is InChI=1S/C21H22Cl2N2O4/c22-16-2-3-17(23)19(12-16)29-14-21(26)25-7-5-24(6-8-25)13-15-1-4-18-20(11-15)28-10-9-27-18/h1-4,11-12H,5-10,13-14H2. The van der Waals surface area contributed by atoms with Crippen LogP contribution in [-0.4, -0.2) is 61.7 Å². The van der Waals surface area contributed by atoms with Gasteiger partial charge in [0.05, 0.1) is 5.02 Å². The molecule has 6 nitrogen and oxygen atoms in total. The first kappa shape index (κ1) is 20.1. The van der Waals surface area contributed by atoms with E-state index in [1.165, 1.54) is 5.56 Å². The van der Waals surface area contributed by atoms with Crippen molar-refractivity contribution >= 4 is 29.1 Å². The molecule has 0 aliphatic carbocycles. The highest BCUT2D eigenvalue weighted by Crippen LogP contribution is 2.31. The highest BCUT2D eigenvalue weighted by molar-refractivity contribution is 6.34. The van der Waals surface area contributed by atoms with Crippen LogP contribution in [0.1, 0.15) is 5.56 Å². The maximum absolute atomic E-state index is 12.5. The molecule has 1 fully saturated rings. The highest BCUT2D eigenvalue weighted by Gasteiger charge is 2.22. The molecule has 0 unspecified atom stereocenters. The molecule has 2 heterocycles. The lowest BCUT2D eigenvalue weighted by molar-refractivity contribution is -0.135. The molecule has 29 heavy (non-hydrogen) atoms. The van der Waals surface area contributed by atoms with E-state index in [2.05, 4.69) is 11.0 Å². The SMILES string of the molecule is O=C(COc1cc(Cl)ccc1Cl)N1CCN(Cc2ccc3c(c2)OCCO3)CC1. The zero-order valence-corrected chi connectivity index (χ0v) is 17.4. The maximum atomic E-state index is 12.5. The first-order valence-corrected chi connectivity index (χ1v) is 10.3. The average molecular weight is 437 g/mol. The first-order chi connectivity index (χ1) is 14.1. The summed E-state index contributed by atoms with van der Waals surface area (Å²) in [5.74, 6) is 1.97. The lowest BCUT2D eigenvalue weighted by Gasteiger charge is -2.34. The van der Waals surface area contributed by atoms with Gasteiger partial charge < -0.3 is 19.1 Å². The molecular formula is C21H22Cl2N2O4. The van der Waals surface area contributed by atoms with Crippen LogP contribution in [-0.2, 0) is 11.3 Å². The van der Waals surface area contributed by atoms with E-state index in [-0.39, 0.29) is 12.5 Å². The Hall–Kier alpha value is -2.15. The number of hydrogen-bond donors (Lipinski definition) is 0. The number of rotatable bonds is 5. The summed E-state index contributed by atoms with van der Waals surface area (Å²) in [6.45, 7) is 4.87. The third-order valence-corrected chi connectivity index (χ3v) is 5.53. The van der Waals surface area contributed by atoms with Crippen molar-refractivity contribution in [2.24, 2.45) is 0 Å². The number of amides is 1. The van der Waals surface area contributed by atoms with Crippen LogP contribution in [0.2, 0.25) is 10.0 Å². The summed E-state index contributed by atoms with van der Waals surface area (Å²) >= 11 is 12.0. The van der Waals surface area contributed by atoms with Gasteiger partial charge in [-0.2, -0.15) is 0 Å². The van der Waals surface area contributed by atoms with Crippen LogP contribution >= 0.6 is 23.2 Å². The lowest BCUT2D eigenvalue weighted by atomic mass is 10.1. The smallest absolute Gasteiger partial charge is 0.260 e. The minimum atomic E-state index is -0.0555. The summed E-state index contributed by atoms with van der Waals surface area (Å²) in [6, 6.07) is 11.0. The van der Waals surface area contributed by atoms with Crippen LogP contribution < -0.4 is 14.2 Å². The van der Waals surface area contributed by atoms with E-state index < -0.39 is 0 Å². The van der Waals surface area contributed by atoms with Crippen molar-refractivity contribution in [1.82, 2.24) is 9.80 Å². The molecule has 2 aliphatic heterocycles. The van der Waals surface area contributed by atoms with E-state index >= 15 is 0 Å². The molecule has 0 aromatic heterocycles. The van der Waals surface area contributed by atoms with E-state index in [9.17, 15) is 4.79 Å². The molecule has 2 aromatic rings. The van der Waals surface area contributed by atoms with E-state index in [0.29, 0.717) is 42.1 Å². The third-order valence-electron chi connectivity index (χ3n) is 4.98. The number of nitrogens with zero attached hydrogens (tertiary/aromatic N) is 2. The Morgan fingerprint density at radius 3 is 2.52 bits per heavy atom. The van der Waals surface area contributed by atoms with Gasteiger partial charge in [0, 0.05) is 43.8 Å². The number of carbonyl (C=O) groups is 1. The molecule has 1 amide bonds. The molecule has 1 saturated heterocycles. The molecule has 2 aromatic carbocycles. The van der Waals surface area contributed by atoms with Crippen molar-refractivity contribution in [1.29, 1.82) is 0 Å². The van der Waals surface area contributed by atoms with Crippen LogP contribution in [0.5, 0.6) is 17.2 Å². The van der Waals surface area contributed by atoms with E-state index in [4.69, 9.17) is 37.4 Å². The molecule has 0 saturated carbocycles. The van der Waals surface area contributed by atoms with Crippen molar-refractivity contribution in [3.8, 4) is 17.2 Å². The summed E-state index contributed by atoms with van der Waals surface area (Å²) in [6.07, 6.45) is 0. The first-order valence-electron chi connectivity index (χ1n) is 9.55. The Morgan fingerprint density at radius 1 is 0.966 bits per heavy atom. The van der Waals surface area contributed by atoms with Crippen molar-refractivity contribution in [2.75, 3.05) is 46.0 Å². The molecule has 0 spiro atoms. The van der Waals surface area contributed by atoms with Crippen LogP contribution in [0.3, 0.4) is 0 Å².